The Kier molecular flexibility index (Phi) is 9.47. The molecule has 108 valence electrons. The average molecular weight is 333 g/mol. The van der Waals surface area contributed by atoms with Gasteiger partial charge in [0.15, 0.2) is 6.29 Å². The molecule has 19 heavy (non-hydrogen) atoms. The number of rotatable bonds is 2. The Hall–Kier alpha value is -0.910. The smallest absolute Gasteiger partial charge is 0.335 e. The minimum absolute atomic E-state index is 0.221. The number of hydrogen-bond donors (Lipinski definition) is 1. The first kappa shape index (κ1) is 18.1. The van der Waals surface area contributed by atoms with Gasteiger partial charge in [0.1, 0.15) is 0 Å². The quantitative estimate of drug-likeness (QED) is 0.879. The molecule has 2 rings (SSSR count). The van der Waals surface area contributed by atoms with Crippen molar-refractivity contribution >= 4 is 21.9 Å². The van der Waals surface area contributed by atoms with E-state index >= 15 is 0 Å². The zero-order chi connectivity index (χ0) is 14.8. The van der Waals surface area contributed by atoms with Crippen LogP contribution in [0.2, 0.25) is 0 Å². The molecule has 1 aliphatic rings. The van der Waals surface area contributed by atoms with Crippen LogP contribution in [-0.4, -0.2) is 24.3 Å². The van der Waals surface area contributed by atoms with Crippen LogP contribution in [-0.2, 0) is 9.47 Å². The molecule has 0 aromatic heterocycles. The van der Waals surface area contributed by atoms with Crippen LogP contribution in [0.3, 0.4) is 0 Å². The van der Waals surface area contributed by atoms with Crippen LogP contribution in [0.15, 0.2) is 22.7 Å². The van der Waals surface area contributed by atoms with E-state index in [4.69, 9.17) is 14.6 Å². The highest BCUT2D eigenvalue weighted by Crippen LogP contribution is 2.27. The summed E-state index contributed by atoms with van der Waals surface area (Å²) in [5.74, 6) is -0.962. The number of aromatic carboxylic acids is 1. The lowest BCUT2D eigenvalue weighted by Gasteiger charge is -2.10. The van der Waals surface area contributed by atoms with Gasteiger partial charge in [-0.2, -0.15) is 0 Å². The molecule has 0 saturated carbocycles. The first-order chi connectivity index (χ1) is 9.16. The van der Waals surface area contributed by atoms with Gasteiger partial charge in [-0.3, -0.25) is 0 Å². The number of hydrogen-bond acceptors (Lipinski definition) is 3. The van der Waals surface area contributed by atoms with E-state index in [9.17, 15) is 4.79 Å². The Morgan fingerprint density at radius 2 is 1.68 bits per heavy atom. The SMILES string of the molecule is CC.CC.O=C(O)c1cc(Br)cc(C2OCCO2)c1. The van der Waals surface area contributed by atoms with Crippen molar-refractivity contribution in [1.29, 1.82) is 0 Å². The van der Waals surface area contributed by atoms with Gasteiger partial charge in [-0.25, -0.2) is 4.79 Å². The predicted octanol–water partition coefficient (Wildman–Crippen LogP) is 4.25. The summed E-state index contributed by atoms with van der Waals surface area (Å²) in [4.78, 5) is 10.8. The molecule has 5 heteroatoms. The molecule has 1 fully saturated rings. The first-order valence-corrected chi connectivity index (χ1v) is 7.23. The third kappa shape index (κ3) is 5.72. The molecule has 0 radical (unpaired) electrons. The van der Waals surface area contributed by atoms with Crippen molar-refractivity contribution in [1.82, 2.24) is 0 Å². The highest BCUT2D eigenvalue weighted by Gasteiger charge is 2.20. The van der Waals surface area contributed by atoms with E-state index < -0.39 is 12.3 Å². The molecule has 1 heterocycles. The highest BCUT2D eigenvalue weighted by molar-refractivity contribution is 9.10. The predicted molar refractivity (Wildman–Crippen MR) is 78.4 cm³/mol. The summed E-state index contributed by atoms with van der Waals surface area (Å²) >= 11 is 3.25. The van der Waals surface area contributed by atoms with Crippen molar-refractivity contribution in [2.45, 2.75) is 34.0 Å². The van der Waals surface area contributed by atoms with E-state index in [0.717, 1.165) is 5.56 Å². The average Bonchev–Trinajstić information content (AvgIpc) is 2.96. The second-order valence-corrected chi connectivity index (χ2v) is 4.07. The van der Waals surface area contributed by atoms with Gasteiger partial charge in [-0.05, 0) is 18.2 Å². The Morgan fingerprint density at radius 1 is 1.16 bits per heavy atom. The fourth-order valence-electron chi connectivity index (χ4n) is 1.42. The maximum Gasteiger partial charge on any atom is 0.335 e. The molecule has 0 aliphatic carbocycles. The molecular formula is C14H21BrO4. The van der Waals surface area contributed by atoms with Gasteiger partial charge >= 0.3 is 5.97 Å². The third-order valence-electron chi connectivity index (χ3n) is 2.06. The standard InChI is InChI=1S/C10H9BrO4.2C2H6/c11-8-4-6(9(12)13)3-7(5-8)10-14-1-2-15-10;2*1-2/h3-5,10H,1-2H2,(H,12,13);2*1-2H3. The Bertz CT molecular complexity index is 387. The van der Waals surface area contributed by atoms with Gasteiger partial charge in [0.05, 0.1) is 18.8 Å². The number of carbonyl (C=O) groups is 1. The third-order valence-corrected chi connectivity index (χ3v) is 2.52. The lowest BCUT2D eigenvalue weighted by Crippen LogP contribution is -2.02. The van der Waals surface area contributed by atoms with E-state index in [-0.39, 0.29) is 5.56 Å². The number of halogens is 1. The number of benzene rings is 1. The molecule has 1 aromatic carbocycles. The molecule has 0 bridgehead atoms. The van der Waals surface area contributed by atoms with Crippen molar-refractivity contribution in [3.05, 3.63) is 33.8 Å². The molecule has 1 aromatic rings. The van der Waals surface area contributed by atoms with Gasteiger partial charge in [0.25, 0.3) is 0 Å². The van der Waals surface area contributed by atoms with E-state index in [1.165, 1.54) is 0 Å². The van der Waals surface area contributed by atoms with Gasteiger partial charge in [0, 0.05) is 10.0 Å². The summed E-state index contributed by atoms with van der Waals surface area (Å²) in [7, 11) is 0. The van der Waals surface area contributed by atoms with Gasteiger partial charge < -0.3 is 14.6 Å². The van der Waals surface area contributed by atoms with Gasteiger partial charge in [-0.1, -0.05) is 43.6 Å². The lowest BCUT2D eigenvalue weighted by molar-refractivity contribution is -0.0441. The summed E-state index contributed by atoms with van der Waals surface area (Å²) in [6.07, 6.45) is -0.444. The van der Waals surface area contributed by atoms with Crippen molar-refractivity contribution in [2.24, 2.45) is 0 Å². The molecule has 0 spiro atoms. The molecular weight excluding hydrogens is 312 g/mol. The van der Waals surface area contributed by atoms with Crippen LogP contribution >= 0.6 is 15.9 Å². The van der Waals surface area contributed by atoms with Crippen LogP contribution in [0.1, 0.15) is 49.9 Å². The Labute approximate surface area is 122 Å². The summed E-state index contributed by atoms with van der Waals surface area (Å²) in [5.41, 5.74) is 0.942. The van der Waals surface area contributed by atoms with E-state index in [1.807, 2.05) is 27.7 Å². The zero-order valence-electron chi connectivity index (χ0n) is 11.8. The van der Waals surface area contributed by atoms with Crippen molar-refractivity contribution in [3.8, 4) is 0 Å². The summed E-state index contributed by atoms with van der Waals surface area (Å²) in [6, 6.07) is 4.90. The second kappa shape index (κ2) is 9.95. The minimum Gasteiger partial charge on any atom is -0.478 e. The maximum absolute atomic E-state index is 10.8. The maximum atomic E-state index is 10.8. The summed E-state index contributed by atoms with van der Waals surface area (Å²) in [5, 5.41) is 8.87. The van der Waals surface area contributed by atoms with Crippen LogP contribution in [0, 0.1) is 0 Å². The van der Waals surface area contributed by atoms with Crippen LogP contribution in [0.5, 0.6) is 0 Å². The van der Waals surface area contributed by atoms with Gasteiger partial charge in [0.2, 0.25) is 0 Å². The number of carboxylic acid groups (broad SMARTS) is 1. The normalized spacial score (nSPS) is 13.9. The molecule has 0 amide bonds. The molecule has 0 atom stereocenters. The van der Waals surface area contributed by atoms with Crippen LogP contribution in [0.4, 0.5) is 0 Å². The monoisotopic (exact) mass is 332 g/mol. The Balaban J connectivity index is 0.000000741. The molecule has 1 saturated heterocycles. The molecule has 1 N–H and O–H groups in total. The highest BCUT2D eigenvalue weighted by atomic mass is 79.9. The molecule has 1 aliphatic heterocycles. The number of ether oxygens (including phenoxy) is 2. The molecule has 0 unspecified atom stereocenters. The van der Waals surface area contributed by atoms with E-state index in [1.54, 1.807) is 18.2 Å². The van der Waals surface area contributed by atoms with Crippen molar-refractivity contribution < 1.29 is 19.4 Å². The van der Waals surface area contributed by atoms with E-state index in [0.29, 0.717) is 17.7 Å². The zero-order valence-corrected chi connectivity index (χ0v) is 13.4. The largest absolute Gasteiger partial charge is 0.478 e. The topological polar surface area (TPSA) is 55.8 Å². The lowest BCUT2D eigenvalue weighted by atomic mass is 10.1. The van der Waals surface area contributed by atoms with Crippen molar-refractivity contribution in [3.63, 3.8) is 0 Å². The first-order valence-electron chi connectivity index (χ1n) is 6.44. The minimum atomic E-state index is -0.962. The van der Waals surface area contributed by atoms with E-state index in [2.05, 4.69) is 15.9 Å². The number of carboxylic acids is 1. The Morgan fingerprint density at radius 3 is 2.16 bits per heavy atom. The van der Waals surface area contributed by atoms with Crippen LogP contribution < -0.4 is 0 Å². The fourth-order valence-corrected chi connectivity index (χ4v) is 1.93. The molecule has 4 nitrogen and oxygen atoms in total. The second-order valence-electron chi connectivity index (χ2n) is 3.15. The van der Waals surface area contributed by atoms with Crippen molar-refractivity contribution in [2.75, 3.05) is 13.2 Å². The fraction of sp³-hybridized carbons (Fsp3) is 0.500. The van der Waals surface area contributed by atoms with Gasteiger partial charge in [-0.15, -0.1) is 0 Å². The summed E-state index contributed by atoms with van der Waals surface area (Å²) in [6.45, 7) is 9.08. The summed E-state index contributed by atoms with van der Waals surface area (Å²) < 4.78 is 11.3. The van der Waals surface area contributed by atoms with Crippen LogP contribution in [0.25, 0.3) is 0 Å².